The number of amides is 1. The SMILES string of the molecule is CC(C)C(=O)N[C@H]1C[C@@H]1N. The summed E-state index contributed by atoms with van der Waals surface area (Å²) in [5.41, 5.74) is 5.50. The normalized spacial score (nSPS) is 30.4. The van der Waals surface area contributed by atoms with Crippen molar-refractivity contribution in [1.82, 2.24) is 5.32 Å². The van der Waals surface area contributed by atoms with E-state index in [4.69, 9.17) is 5.73 Å². The van der Waals surface area contributed by atoms with Gasteiger partial charge in [-0.25, -0.2) is 0 Å². The summed E-state index contributed by atoms with van der Waals surface area (Å²) in [4.78, 5) is 11.0. The molecule has 0 aromatic carbocycles. The molecule has 3 N–H and O–H groups in total. The number of nitrogens with two attached hydrogens (primary N) is 1. The van der Waals surface area contributed by atoms with Crippen molar-refractivity contribution in [2.45, 2.75) is 32.4 Å². The molecule has 3 heteroatoms. The Kier molecular flexibility index (Phi) is 1.94. The highest BCUT2D eigenvalue weighted by Crippen LogP contribution is 2.17. The van der Waals surface area contributed by atoms with Crippen LogP contribution in [-0.2, 0) is 4.79 Å². The highest BCUT2D eigenvalue weighted by atomic mass is 16.1. The lowest BCUT2D eigenvalue weighted by Crippen LogP contribution is -2.32. The molecule has 0 unspecified atom stereocenters. The van der Waals surface area contributed by atoms with Gasteiger partial charge in [-0.1, -0.05) is 13.8 Å². The first-order valence-corrected chi connectivity index (χ1v) is 3.67. The highest BCUT2D eigenvalue weighted by molar-refractivity contribution is 5.78. The smallest absolute Gasteiger partial charge is 0.222 e. The zero-order chi connectivity index (χ0) is 7.72. The number of carbonyl (C=O) groups is 1. The van der Waals surface area contributed by atoms with Crippen LogP contribution in [0.15, 0.2) is 0 Å². The first kappa shape index (κ1) is 7.54. The molecule has 2 atom stereocenters. The molecule has 1 saturated carbocycles. The fraction of sp³-hybridized carbons (Fsp3) is 0.857. The summed E-state index contributed by atoms with van der Waals surface area (Å²) < 4.78 is 0. The average Bonchev–Trinajstić information content (AvgIpc) is 2.46. The third kappa shape index (κ3) is 1.70. The van der Waals surface area contributed by atoms with E-state index in [0.717, 1.165) is 6.42 Å². The number of nitrogens with one attached hydrogen (secondary N) is 1. The van der Waals surface area contributed by atoms with Gasteiger partial charge in [-0.05, 0) is 6.42 Å². The molecule has 0 saturated heterocycles. The molecule has 0 radical (unpaired) electrons. The second-order valence-corrected chi connectivity index (χ2v) is 3.17. The Labute approximate surface area is 61.0 Å². The Balaban J connectivity index is 2.20. The third-order valence-corrected chi connectivity index (χ3v) is 1.69. The van der Waals surface area contributed by atoms with Crippen LogP contribution in [0.2, 0.25) is 0 Å². The molecule has 58 valence electrons. The molecule has 1 aliphatic rings. The van der Waals surface area contributed by atoms with Crippen molar-refractivity contribution in [3.05, 3.63) is 0 Å². The molecule has 1 fully saturated rings. The van der Waals surface area contributed by atoms with Crippen molar-refractivity contribution < 1.29 is 4.79 Å². The zero-order valence-electron chi connectivity index (χ0n) is 6.42. The Hall–Kier alpha value is -0.570. The maximum absolute atomic E-state index is 11.0. The number of hydrogen-bond acceptors (Lipinski definition) is 2. The zero-order valence-corrected chi connectivity index (χ0v) is 6.42. The van der Waals surface area contributed by atoms with Gasteiger partial charge in [0, 0.05) is 18.0 Å². The van der Waals surface area contributed by atoms with Crippen LogP contribution in [0.3, 0.4) is 0 Å². The first-order chi connectivity index (χ1) is 4.61. The van der Waals surface area contributed by atoms with Crippen LogP contribution in [-0.4, -0.2) is 18.0 Å². The summed E-state index contributed by atoms with van der Waals surface area (Å²) in [5.74, 6) is 0.186. The summed E-state index contributed by atoms with van der Waals surface area (Å²) in [6.07, 6.45) is 0.943. The average molecular weight is 142 g/mol. The van der Waals surface area contributed by atoms with Crippen LogP contribution in [0.25, 0.3) is 0 Å². The maximum atomic E-state index is 11.0. The second-order valence-electron chi connectivity index (χ2n) is 3.17. The molecule has 3 nitrogen and oxygen atoms in total. The monoisotopic (exact) mass is 142 g/mol. The van der Waals surface area contributed by atoms with E-state index in [1.54, 1.807) is 0 Å². The van der Waals surface area contributed by atoms with Crippen LogP contribution >= 0.6 is 0 Å². The molecular formula is C7H14N2O. The third-order valence-electron chi connectivity index (χ3n) is 1.69. The van der Waals surface area contributed by atoms with E-state index in [2.05, 4.69) is 5.32 Å². The maximum Gasteiger partial charge on any atom is 0.222 e. The van der Waals surface area contributed by atoms with Crippen molar-refractivity contribution in [3.63, 3.8) is 0 Å². The number of carbonyl (C=O) groups excluding carboxylic acids is 1. The molecule has 0 bridgehead atoms. The summed E-state index contributed by atoms with van der Waals surface area (Å²) >= 11 is 0. The standard InChI is InChI=1S/C7H14N2O/c1-4(2)7(10)9-6-3-5(6)8/h4-6H,3,8H2,1-2H3,(H,9,10)/t5-,6-/m0/s1. The summed E-state index contributed by atoms with van der Waals surface area (Å²) in [5, 5.41) is 2.84. The van der Waals surface area contributed by atoms with Gasteiger partial charge >= 0.3 is 0 Å². The van der Waals surface area contributed by atoms with Gasteiger partial charge < -0.3 is 11.1 Å². The van der Waals surface area contributed by atoms with Crippen molar-refractivity contribution in [2.24, 2.45) is 11.7 Å². The van der Waals surface area contributed by atoms with Crippen LogP contribution in [0.1, 0.15) is 20.3 Å². The molecular weight excluding hydrogens is 128 g/mol. The predicted molar refractivity (Wildman–Crippen MR) is 39.4 cm³/mol. The van der Waals surface area contributed by atoms with Crippen LogP contribution in [0.4, 0.5) is 0 Å². The van der Waals surface area contributed by atoms with Crippen LogP contribution in [0.5, 0.6) is 0 Å². The lowest BCUT2D eigenvalue weighted by molar-refractivity contribution is -0.124. The van der Waals surface area contributed by atoms with Gasteiger partial charge in [-0.3, -0.25) is 4.79 Å². The van der Waals surface area contributed by atoms with E-state index in [0.29, 0.717) is 0 Å². The van der Waals surface area contributed by atoms with Crippen molar-refractivity contribution in [2.75, 3.05) is 0 Å². The van der Waals surface area contributed by atoms with E-state index in [-0.39, 0.29) is 23.9 Å². The van der Waals surface area contributed by atoms with Crippen molar-refractivity contribution in [3.8, 4) is 0 Å². The fourth-order valence-electron chi connectivity index (χ4n) is 0.730. The van der Waals surface area contributed by atoms with Gasteiger partial charge in [-0.15, -0.1) is 0 Å². The van der Waals surface area contributed by atoms with Gasteiger partial charge in [0.25, 0.3) is 0 Å². The first-order valence-electron chi connectivity index (χ1n) is 3.67. The Morgan fingerprint density at radius 3 is 2.50 bits per heavy atom. The van der Waals surface area contributed by atoms with Gasteiger partial charge in [0.1, 0.15) is 0 Å². The van der Waals surface area contributed by atoms with Gasteiger partial charge in [-0.2, -0.15) is 0 Å². The minimum absolute atomic E-state index is 0.0767. The van der Waals surface area contributed by atoms with E-state index >= 15 is 0 Å². The topological polar surface area (TPSA) is 55.1 Å². The molecule has 1 amide bonds. The highest BCUT2D eigenvalue weighted by Gasteiger charge is 2.34. The van der Waals surface area contributed by atoms with Gasteiger partial charge in [0.15, 0.2) is 0 Å². The Morgan fingerprint density at radius 1 is 1.70 bits per heavy atom. The Morgan fingerprint density at radius 2 is 2.20 bits per heavy atom. The van der Waals surface area contributed by atoms with Gasteiger partial charge in [0.2, 0.25) is 5.91 Å². The van der Waals surface area contributed by atoms with Crippen molar-refractivity contribution in [1.29, 1.82) is 0 Å². The molecule has 0 aromatic heterocycles. The molecule has 0 spiro atoms. The summed E-state index contributed by atoms with van der Waals surface area (Å²) in [6.45, 7) is 3.76. The lowest BCUT2D eigenvalue weighted by atomic mass is 10.2. The summed E-state index contributed by atoms with van der Waals surface area (Å²) in [6, 6.07) is 0.470. The van der Waals surface area contributed by atoms with Crippen LogP contribution < -0.4 is 11.1 Å². The Bertz CT molecular complexity index is 145. The van der Waals surface area contributed by atoms with Crippen LogP contribution in [0, 0.1) is 5.92 Å². The van der Waals surface area contributed by atoms with E-state index in [1.165, 1.54) is 0 Å². The molecule has 1 aliphatic carbocycles. The number of rotatable bonds is 2. The van der Waals surface area contributed by atoms with Gasteiger partial charge in [0.05, 0.1) is 0 Å². The van der Waals surface area contributed by atoms with E-state index in [9.17, 15) is 4.79 Å². The second kappa shape index (κ2) is 2.58. The fourth-order valence-corrected chi connectivity index (χ4v) is 0.730. The molecule has 1 rings (SSSR count). The minimum atomic E-state index is 0.0767. The minimum Gasteiger partial charge on any atom is -0.352 e. The quantitative estimate of drug-likeness (QED) is 0.563. The number of hydrogen-bond donors (Lipinski definition) is 2. The van der Waals surface area contributed by atoms with E-state index in [1.807, 2.05) is 13.8 Å². The van der Waals surface area contributed by atoms with Crippen molar-refractivity contribution >= 4 is 5.91 Å². The summed E-state index contributed by atoms with van der Waals surface area (Å²) in [7, 11) is 0. The molecule has 0 heterocycles. The van der Waals surface area contributed by atoms with E-state index < -0.39 is 0 Å². The largest absolute Gasteiger partial charge is 0.352 e. The molecule has 10 heavy (non-hydrogen) atoms. The molecule has 0 aromatic rings. The lowest BCUT2D eigenvalue weighted by Gasteiger charge is -2.04. The predicted octanol–water partition coefficient (Wildman–Crippen LogP) is -0.142. The molecule has 0 aliphatic heterocycles.